The molecule has 1 unspecified atom stereocenters. The molecule has 1 N–H and O–H groups in total. The zero-order valence-electron chi connectivity index (χ0n) is 17.2. The molecule has 2 aliphatic heterocycles. The van der Waals surface area contributed by atoms with Crippen LogP contribution in [-0.4, -0.2) is 24.9 Å². The molecule has 2 amide bonds. The second-order valence-corrected chi connectivity index (χ2v) is 6.43. The Morgan fingerprint density at radius 1 is 0.962 bits per heavy atom. The molecular formula is C22H36N2O2. The Bertz CT molecular complexity index is 546. The van der Waals surface area contributed by atoms with Crippen LogP contribution in [0.5, 0.6) is 0 Å². The Kier molecular flexibility index (Phi) is 10.0. The number of carbonyl (C=O) groups excluding carboxylic acids is 2. The van der Waals surface area contributed by atoms with Gasteiger partial charge in [-0.25, -0.2) is 0 Å². The van der Waals surface area contributed by atoms with E-state index >= 15 is 0 Å². The van der Waals surface area contributed by atoms with Gasteiger partial charge in [-0.1, -0.05) is 53.2 Å². The molecule has 0 saturated carbocycles. The SMILES string of the molecule is CC.CC.CCC1CCN(c2ccc(C3CCC(=O)NC3=O)cc2)CC1. The van der Waals surface area contributed by atoms with E-state index in [1.54, 1.807) is 0 Å². The lowest BCUT2D eigenvalue weighted by molar-refractivity contribution is -0.134. The number of imide groups is 1. The largest absolute Gasteiger partial charge is 0.372 e. The monoisotopic (exact) mass is 360 g/mol. The van der Waals surface area contributed by atoms with Crippen LogP contribution in [-0.2, 0) is 9.59 Å². The minimum Gasteiger partial charge on any atom is -0.372 e. The third kappa shape index (κ3) is 5.86. The van der Waals surface area contributed by atoms with Crippen molar-refractivity contribution in [1.29, 1.82) is 0 Å². The highest BCUT2D eigenvalue weighted by Crippen LogP contribution is 2.29. The molecule has 2 saturated heterocycles. The van der Waals surface area contributed by atoms with Crippen LogP contribution in [0.1, 0.15) is 78.2 Å². The summed E-state index contributed by atoms with van der Waals surface area (Å²) in [6, 6.07) is 8.32. The van der Waals surface area contributed by atoms with Crippen molar-refractivity contribution in [2.75, 3.05) is 18.0 Å². The van der Waals surface area contributed by atoms with Gasteiger partial charge in [0.25, 0.3) is 0 Å². The van der Waals surface area contributed by atoms with Crippen LogP contribution < -0.4 is 10.2 Å². The smallest absolute Gasteiger partial charge is 0.234 e. The Balaban J connectivity index is 0.000000791. The predicted molar refractivity (Wildman–Crippen MR) is 109 cm³/mol. The number of nitrogens with zero attached hydrogens (tertiary/aromatic N) is 1. The molecule has 0 radical (unpaired) electrons. The fourth-order valence-corrected chi connectivity index (χ4v) is 3.53. The first-order chi connectivity index (χ1) is 12.7. The maximum atomic E-state index is 11.9. The van der Waals surface area contributed by atoms with Crippen molar-refractivity contribution in [2.45, 2.75) is 72.6 Å². The van der Waals surface area contributed by atoms with E-state index in [1.165, 1.54) is 24.9 Å². The first kappa shape index (κ1) is 22.2. The second-order valence-electron chi connectivity index (χ2n) is 6.43. The summed E-state index contributed by atoms with van der Waals surface area (Å²) in [5.74, 6) is 0.376. The first-order valence-electron chi connectivity index (χ1n) is 10.4. The number of benzene rings is 1. The van der Waals surface area contributed by atoms with Crippen LogP contribution in [0.15, 0.2) is 24.3 Å². The van der Waals surface area contributed by atoms with Gasteiger partial charge in [0, 0.05) is 25.2 Å². The van der Waals surface area contributed by atoms with Crippen molar-refractivity contribution >= 4 is 17.5 Å². The van der Waals surface area contributed by atoms with E-state index in [4.69, 9.17) is 0 Å². The van der Waals surface area contributed by atoms with Gasteiger partial charge in [0.05, 0.1) is 5.92 Å². The molecule has 0 spiro atoms. The van der Waals surface area contributed by atoms with Gasteiger partial charge in [-0.2, -0.15) is 0 Å². The van der Waals surface area contributed by atoms with E-state index in [1.807, 2.05) is 39.8 Å². The van der Waals surface area contributed by atoms with Crippen LogP contribution in [0.2, 0.25) is 0 Å². The molecule has 2 heterocycles. The number of hydrogen-bond acceptors (Lipinski definition) is 3. The first-order valence-corrected chi connectivity index (χ1v) is 10.4. The fourth-order valence-electron chi connectivity index (χ4n) is 3.53. The van der Waals surface area contributed by atoms with E-state index in [-0.39, 0.29) is 17.7 Å². The van der Waals surface area contributed by atoms with Gasteiger partial charge in [-0.05, 0) is 42.9 Å². The van der Waals surface area contributed by atoms with Crippen molar-refractivity contribution in [3.8, 4) is 0 Å². The number of piperidine rings is 2. The van der Waals surface area contributed by atoms with E-state index < -0.39 is 0 Å². The van der Waals surface area contributed by atoms with Crippen molar-refractivity contribution in [1.82, 2.24) is 5.32 Å². The second kappa shape index (κ2) is 11.7. The molecule has 1 aromatic rings. The zero-order chi connectivity index (χ0) is 19.5. The van der Waals surface area contributed by atoms with E-state index in [2.05, 4.69) is 29.3 Å². The van der Waals surface area contributed by atoms with Gasteiger partial charge in [0.15, 0.2) is 0 Å². The highest BCUT2D eigenvalue weighted by molar-refractivity contribution is 6.00. The Labute approximate surface area is 159 Å². The average molecular weight is 361 g/mol. The quantitative estimate of drug-likeness (QED) is 0.781. The van der Waals surface area contributed by atoms with E-state index in [0.29, 0.717) is 12.8 Å². The van der Waals surface area contributed by atoms with Crippen molar-refractivity contribution in [3.05, 3.63) is 29.8 Å². The molecule has 4 heteroatoms. The minimum atomic E-state index is -0.183. The van der Waals surface area contributed by atoms with Crippen molar-refractivity contribution < 1.29 is 9.59 Å². The Hall–Kier alpha value is -1.84. The summed E-state index contributed by atoms with van der Waals surface area (Å²) in [6.45, 7) is 12.5. The summed E-state index contributed by atoms with van der Waals surface area (Å²) < 4.78 is 0. The molecule has 1 aromatic carbocycles. The molecule has 0 bridgehead atoms. The zero-order valence-corrected chi connectivity index (χ0v) is 17.2. The average Bonchev–Trinajstić information content (AvgIpc) is 2.71. The molecule has 1 atom stereocenters. The third-order valence-electron chi connectivity index (χ3n) is 5.09. The summed E-state index contributed by atoms with van der Waals surface area (Å²) in [5.41, 5.74) is 2.25. The summed E-state index contributed by atoms with van der Waals surface area (Å²) in [4.78, 5) is 25.6. The Morgan fingerprint density at radius 3 is 2.04 bits per heavy atom. The molecule has 146 valence electrons. The fraction of sp³-hybridized carbons (Fsp3) is 0.636. The highest BCUT2D eigenvalue weighted by atomic mass is 16.2. The number of anilines is 1. The van der Waals surface area contributed by atoms with Crippen LogP contribution in [0.4, 0.5) is 5.69 Å². The third-order valence-corrected chi connectivity index (χ3v) is 5.09. The minimum absolute atomic E-state index is 0.156. The number of carbonyl (C=O) groups is 2. The number of hydrogen-bond donors (Lipinski definition) is 1. The van der Waals surface area contributed by atoms with Gasteiger partial charge in [-0.15, -0.1) is 0 Å². The summed E-state index contributed by atoms with van der Waals surface area (Å²) in [7, 11) is 0. The number of rotatable bonds is 3. The van der Waals surface area contributed by atoms with E-state index in [0.717, 1.165) is 24.6 Å². The molecule has 0 aliphatic carbocycles. The van der Waals surface area contributed by atoms with E-state index in [9.17, 15) is 9.59 Å². The lowest BCUT2D eigenvalue weighted by Crippen LogP contribution is -2.39. The normalized spacial score (nSPS) is 20.3. The molecule has 3 rings (SSSR count). The van der Waals surface area contributed by atoms with Gasteiger partial charge in [0.2, 0.25) is 11.8 Å². The summed E-state index contributed by atoms with van der Waals surface area (Å²) in [6.07, 6.45) is 4.87. The maximum Gasteiger partial charge on any atom is 0.234 e. The maximum absolute atomic E-state index is 11.9. The lowest BCUT2D eigenvalue weighted by Gasteiger charge is -2.33. The molecule has 4 nitrogen and oxygen atoms in total. The van der Waals surface area contributed by atoms with Gasteiger partial charge in [-0.3, -0.25) is 14.9 Å². The lowest BCUT2D eigenvalue weighted by atomic mass is 9.90. The van der Waals surface area contributed by atoms with Gasteiger partial charge >= 0.3 is 0 Å². The predicted octanol–water partition coefficient (Wildman–Crippen LogP) is 4.89. The van der Waals surface area contributed by atoms with Crippen molar-refractivity contribution in [2.24, 2.45) is 5.92 Å². The van der Waals surface area contributed by atoms with Gasteiger partial charge in [0.1, 0.15) is 0 Å². The number of nitrogens with one attached hydrogen (secondary N) is 1. The topological polar surface area (TPSA) is 49.4 Å². The van der Waals surface area contributed by atoms with Crippen LogP contribution in [0.25, 0.3) is 0 Å². The van der Waals surface area contributed by atoms with Crippen LogP contribution >= 0.6 is 0 Å². The molecule has 2 fully saturated rings. The van der Waals surface area contributed by atoms with Gasteiger partial charge < -0.3 is 4.90 Å². The van der Waals surface area contributed by atoms with Crippen LogP contribution in [0.3, 0.4) is 0 Å². The molecule has 2 aliphatic rings. The summed E-state index contributed by atoms with van der Waals surface area (Å²) in [5, 5.41) is 2.43. The molecular weight excluding hydrogens is 324 g/mol. The molecule has 0 aromatic heterocycles. The standard InChI is InChI=1S/C18H24N2O2.2C2H6/c1-2-13-9-11-20(12-10-13)15-5-3-14(4-6-15)16-7-8-17(21)19-18(16)22;2*1-2/h3-6,13,16H,2,7-12H2,1H3,(H,19,21,22);2*1-2H3. The number of amides is 2. The Morgan fingerprint density at radius 2 is 1.54 bits per heavy atom. The van der Waals surface area contributed by atoms with Crippen LogP contribution in [0, 0.1) is 5.92 Å². The highest BCUT2D eigenvalue weighted by Gasteiger charge is 2.28. The summed E-state index contributed by atoms with van der Waals surface area (Å²) >= 11 is 0. The van der Waals surface area contributed by atoms with Crippen molar-refractivity contribution in [3.63, 3.8) is 0 Å². The molecule has 26 heavy (non-hydrogen) atoms.